The van der Waals surface area contributed by atoms with E-state index in [0.29, 0.717) is 0 Å². The minimum Gasteiger partial charge on any atom is -0.497 e. The van der Waals surface area contributed by atoms with Crippen molar-refractivity contribution in [3.8, 4) is 22.6 Å². The molecule has 0 aromatic heterocycles. The largest absolute Gasteiger partial charge is 0.497 e. The summed E-state index contributed by atoms with van der Waals surface area (Å²) in [4.78, 5) is 10.8. The van der Waals surface area contributed by atoms with Gasteiger partial charge in [-0.15, -0.1) is 0 Å². The number of fused-ring (bicyclic) bond motifs is 3. The number of alkyl halides is 4. The standard InChI is InChI=1S/C17H10F6O2.C10H14O/c1-2-25-11-6-5-10-9-4-3-8(7-24)14(18)12(9)16(20,21)17(22,23)13(10)15(11)19;1-3-4-9-5-7-10(11-2)8-6-9/h3-7H,2H2,1H3;5-8H,3-4H2,1-2H3. The van der Waals surface area contributed by atoms with Gasteiger partial charge < -0.3 is 9.47 Å². The SMILES string of the molecule is CCCc1ccc(OC)cc1.CCOc1ccc2c(c1F)C(F)(F)C(F)(F)c1c-2ccc(C=O)c1F. The van der Waals surface area contributed by atoms with Gasteiger partial charge in [-0.2, -0.15) is 17.6 Å². The molecule has 0 heterocycles. The van der Waals surface area contributed by atoms with Crippen LogP contribution in [0.4, 0.5) is 26.3 Å². The highest BCUT2D eigenvalue weighted by Gasteiger charge is 2.65. The van der Waals surface area contributed by atoms with Crippen LogP contribution >= 0.6 is 0 Å². The second kappa shape index (κ2) is 10.6. The number of carbonyl (C=O) groups is 1. The zero-order valence-corrected chi connectivity index (χ0v) is 19.8. The maximum Gasteiger partial charge on any atom is 0.343 e. The number of halogens is 6. The Balaban J connectivity index is 0.000000275. The molecule has 0 radical (unpaired) electrons. The van der Waals surface area contributed by atoms with Crippen LogP contribution in [0.1, 0.15) is 47.3 Å². The van der Waals surface area contributed by atoms with Gasteiger partial charge in [-0.3, -0.25) is 4.79 Å². The van der Waals surface area contributed by atoms with Crippen molar-refractivity contribution in [3.05, 3.63) is 82.4 Å². The lowest BCUT2D eigenvalue weighted by Gasteiger charge is -2.35. The van der Waals surface area contributed by atoms with Crippen molar-refractivity contribution in [2.75, 3.05) is 13.7 Å². The van der Waals surface area contributed by atoms with Gasteiger partial charge in [0.2, 0.25) is 0 Å². The first-order chi connectivity index (χ1) is 17.0. The molecule has 9 heteroatoms. The number of aldehydes is 1. The number of aryl methyl sites for hydroxylation is 1. The van der Waals surface area contributed by atoms with E-state index in [1.165, 1.54) is 18.9 Å². The summed E-state index contributed by atoms with van der Waals surface area (Å²) in [5.41, 5.74) is -3.77. The molecule has 0 amide bonds. The van der Waals surface area contributed by atoms with Crippen LogP contribution in [0, 0.1) is 11.6 Å². The Morgan fingerprint density at radius 1 is 0.806 bits per heavy atom. The normalized spacial score (nSPS) is 14.6. The summed E-state index contributed by atoms with van der Waals surface area (Å²) in [6.07, 6.45) is 2.30. The quantitative estimate of drug-likeness (QED) is 0.252. The monoisotopic (exact) mass is 510 g/mol. The molecule has 0 saturated heterocycles. The highest BCUT2D eigenvalue weighted by molar-refractivity contribution is 5.83. The van der Waals surface area contributed by atoms with E-state index in [0.717, 1.165) is 36.4 Å². The summed E-state index contributed by atoms with van der Waals surface area (Å²) in [6.45, 7) is 3.59. The average Bonchev–Trinajstić information content (AvgIpc) is 2.85. The Hall–Kier alpha value is -3.49. The molecular weight excluding hydrogens is 486 g/mol. The first-order valence-electron chi connectivity index (χ1n) is 11.2. The number of benzene rings is 3. The lowest BCUT2D eigenvalue weighted by molar-refractivity contribution is -0.227. The molecule has 3 aromatic rings. The molecule has 3 nitrogen and oxygen atoms in total. The van der Waals surface area contributed by atoms with E-state index in [1.54, 1.807) is 7.11 Å². The van der Waals surface area contributed by atoms with Gasteiger partial charge in [-0.1, -0.05) is 31.5 Å². The van der Waals surface area contributed by atoms with E-state index in [1.807, 2.05) is 12.1 Å². The third-order valence-electron chi connectivity index (χ3n) is 5.72. The average molecular weight is 510 g/mol. The number of rotatable bonds is 6. The van der Waals surface area contributed by atoms with Gasteiger partial charge in [-0.25, -0.2) is 8.78 Å². The topological polar surface area (TPSA) is 35.5 Å². The first kappa shape index (κ1) is 27.1. The predicted octanol–water partition coefficient (Wildman–Crippen LogP) is 7.69. The van der Waals surface area contributed by atoms with Crippen LogP contribution in [-0.4, -0.2) is 20.0 Å². The van der Waals surface area contributed by atoms with E-state index in [-0.39, 0.29) is 12.9 Å². The van der Waals surface area contributed by atoms with E-state index < -0.39 is 57.0 Å². The maximum atomic E-state index is 14.4. The van der Waals surface area contributed by atoms with Crippen LogP contribution in [0.15, 0.2) is 48.5 Å². The molecule has 4 rings (SSSR count). The molecule has 0 atom stereocenters. The van der Waals surface area contributed by atoms with Crippen molar-refractivity contribution in [2.45, 2.75) is 38.5 Å². The molecule has 1 aliphatic carbocycles. The summed E-state index contributed by atoms with van der Waals surface area (Å²) < 4.78 is 96.3. The molecule has 0 bridgehead atoms. The minimum absolute atomic E-state index is 0.0574. The Morgan fingerprint density at radius 3 is 1.86 bits per heavy atom. The fraction of sp³-hybridized carbons (Fsp3) is 0.296. The number of methoxy groups -OCH3 is 1. The third kappa shape index (κ3) is 4.66. The Labute approximate surface area is 204 Å². The van der Waals surface area contributed by atoms with Gasteiger partial charge in [0.15, 0.2) is 17.9 Å². The Kier molecular flexibility index (Phi) is 8.01. The molecule has 36 heavy (non-hydrogen) atoms. The summed E-state index contributed by atoms with van der Waals surface area (Å²) in [5.74, 6) is -13.1. The molecule has 0 unspecified atom stereocenters. The van der Waals surface area contributed by atoms with Crippen LogP contribution in [0.3, 0.4) is 0 Å². The van der Waals surface area contributed by atoms with Crippen molar-refractivity contribution in [3.63, 3.8) is 0 Å². The third-order valence-corrected chi connectivity index (χ3v) is 5.72. The van der Waals surface area contributed by atoms with Gasteiger partial charge in [-0.05, 0) is 60.4 Å². The van der Waals surface area contributed by atoms with Crippen molar-refractivity contribution < 1.29 is 40.6 Å². The van der Waals surface area contributed by atoms with Gasteiger partial charge in [0.1, 0.15) is 11.6 Å². The number of ether oxygens (including phenoxy) is 2. The highest BCUT2D eigenvalue weighted by Crippen LogP contribution is 2.59. The lowest BCUT2D eigenvalue weighted by Crippen LogP contribution is -2.41. The maximum absolute atomic E-state index is 14.4. The van der Waals surface area contributed by atoms with E-state index in [9.17, 15) is 31.1 Å². The molecule has 0 N–H and O–H groups in total. The predicted molar refractivity (Wildman–Crippen MR) is 123 cm³/mol. The smallest absolute Gasteiger partial charge is 0.343 e. The first-order valence-corrected chi connectivity index (χ1v) is 11.2. The lowest BCUT2D eigenvalue weighted by atomic mass is 9.79. The summed E-state index contributed by atoms with van der Waals surface area (Å²) >= 11 is 0. The number of carbonyl (C=O) groups excluding carboxylic acids is 1. The molecule has 0 fully saturated rings. The van der Waals surface area contributed by atoms with Crippen molar-refractivity contribution in [2.24, 2.45) is 0 Å². The molecule has 1 aliphatic rings. The minimum atomic E-state index is -5.05. The summed E-state index contributed by atoms with van der Waals surface area (Å²) in [5, 5.41) is 0. The van der Waals surface area contributed by atoms with Gasteiger partial charge in [0.25, 0.3) is 0 Å². The van der Waals surface area contributed by atoms with E-state index in [4.69, 9.17) is 9.47 Å². The molecule has 0 saturated carbocycles. The Bertz CT molecular complexity index is 1240. The molecule has 0 aliphatic heterocycles. The molecule has 3 aromatic carbocycles. The summed E-state index contributed by atoms with van der Waals surface area (Å²) in [7, 11) is 1.69. The van der Waals surface area contributed by atoms with Crippen molar-refractivity contribution >= 4 is 6.29 Å². The fourth-order valence-corrected chi connectivity index (χ4v) is 3.96. The highest BCUT2D eigenvalue weighted by atomic mass is 19.3. The second-order valence-corrected chi connectivity index (χ2v) is 7.99. The van der Waals surface area contributed by atoms with Crippen LogP contribution in [0.5, 0.6) is 11.5 Å². The van der Waals surface area contributed by atoms with Crippen molar-refractivity contribution in [1.29, 1.82) is 0 Å². The van der Waals surface area contributed by atoms with Gasteiger partial charge in [0.05, 0.1) is 30.4 Å². The van der Waals surface area contributed by atoms with E-state index >= 15 is 0 Å². The van der Waals surface area contributed by atoms with Crippen molar-refractivity contribution in [1.82, 2.24) is 0 Å². The Morgan fingerprint density at radius 2 is 1.36 bits per heavy atom. The fourth-order valence-electron chi connectivity index (χ4n) is 3.96. The zero-order chi connectivity index (χ0) is 26.7. The molecule has 192 valence electrons. The van der Waals surface area contributed by atoms with Crippen LogP contribution in [-0.2, 0) is 18.3 Å². The van der Waals surface area contributed by atoms with Crippen LogP contribution in [0.2, 0.25) is 0 Å². The van der Waals surface area contributed by atoms with Gasteiger partial charge in [0, 0.05) is 0 Å². The van der Waals surface area contributed by atoms with E-state index in [2.05, 4.69) is 19.1 Å². The zero-order valence-electron chi connectivity index (χ0n) is 19.8. The number of hydrogen-bond acceptors (Lipinski definition) is 3. The molecule has 0 spiro atoms. The summed E-state index contributed by atoms with van der Waals surface area (Å²) in [6, 6.07) is 12.0. The second-order valence-electron chi connectivity index (χ2n) is 7.99. The number of hydrogen-bond donors (Lipinski definition) is 0. The molecular formula is C27H24F6O3. The van der Waals surface area contributed by atoms with Gasteiger partial charge >= 0.3 is 11.8 Å². The van der Waals surface area contributed by atoms with Crippen LogP contribution < -0.4 is 9.47 Å². The van der Waals surface area contributed by atoms with Crippen LogP contribution in [0.25, 0.3) is 11.1 Å².